The summed E-state index contributed by atoms with van der Waals surface area (Å²) in [5.41, 5.74) is 0. The Balaban J connectivity index is 2.89. The molecule has 3 nitrogen and oxygen atoms in total. The van der Waals surface area contributed by atoms with E-state index in [1.807, 2.05) is 13.8 Å². The van der Waals surface area contributed by atoms with E-state index in [4.69, 9.17) is 11.6 Å². The molecule has 0 fully saturated rings. The van der Waals surface area contributed by atoms with Crippen molar-refractivity contribution in [2.24, 2.45) is 5.92 Å². The normalized spacial score (nSPS) is 12.1. The van der Waals surface area contributed by atoms with Crippen LogP contribution in [0.3, 0.4) is 0 Å². The second-order valence-electron chi connectivity index (χ2n) is 4.11. The molecule has 0 saturated carbocycles. The summed E-state index contributed by atoms with van der Waals surface area (Å²) >= 11 is 5.78. The fraction of sp³-hybridized carbons (Fsp3) is 0.500. The molecule has 0 aromatic heterocycles. The van der Waals surface area contributed by atoms with E-state index in [1.54, 1.807) is 0 Å². The van der Waals surface area contributed by atoms with Crippen molar-refractivity contribution in [1.29, 1.82) is 0 Å². The van der Waals surface area contributed by atoms with Crippen LogP contribution in [0, 0.1) is 11.7 Å². The minimum absolute atomic E-state index is 0.0217. The lowest BCUT2D eigenvalue weighted by molar-refractivity contribution is 0.478. The fourth-order valence-corrected chi connectivity index (χ4v) is 3.19. The van der Waals surface area contributed by atoms with E-state index in [1.165, 1.54) is 6.07 Å². The molecule has 0 aliphatic carbocycles. The van der Waals surface area contributed by atoms with Gasteiger partial charge in [-0.05, 0) is 24.1 Å². The molecule has 18 heavy (non-hydrogen) atoms. The molecule has 1 rings (SSSR count). The van der Waals surface area contributed by atoms with E-state index < -0.39 is 15.8 Å². The Bertz CT molecular complexity index is 501. The highest BCUT2D eigenvalue weighted by Crippen LogP contribution is 2.22. The van der Waals surface area contributed by atoms with E-state index in [-0.39, 0.29) is 15.8 Å². The summed E-state index contributed by atoms with van der Waals surface area (Å²) in [6.45, 7) is 4.33. The Kier molecular flexibility index (Phi) is 5.56. The molecule has 102 valence electrons. The Labute approximate surface area is 112 Å². The van der Waals surface area contributed by atoms with Crippen molar-refractivity contribution in [2.45, 2.75) is 31.6 Å². The summed E-state index contributed by atoms with van der Waals surface area (Å²) in [7, 11) is -3.75. The minimum atomic E-state index is -3.75. The Morgan fingerprint density at radius 1 is 1.33 bits per heavy atom. The van der Waals surface area contributed by atoms with Gasteiger partial charge in [0.15, 0.2) is 0 Å². The van der Waals surface area contributed by atoms with Gasteiger partial charge in [0.2, 0.25) is 10.0 Å². The topological polar surface area (TPSA) is 46.2 Å². The van der Waals surface area contributed by atoms with Gasteiger partial charge in [0, 0.05) is 6.54 Å². The SMILES string of the molecule is CCC(CC)CNS(=O)(=O)c1cc(F)ccc1Cl. The van der Waals surface area contributed by atoms with Crippen LogP contribution in [-0.2, 0) is 10.0 Å². The van der Waals surface area contributed by atoms with Crippen LogP contribution in [0.4, 0.5) is 4.39 Å². The predicted molar refractivity (Wildman–Crippen MR) is 70.7 cm³/mol. The van der Waals surface area contributed by atoms with Gasteiger partial charge >= 0.3 is 0 Å². The number of rotatable bonds is 6. The molecule has 6 heteroatoms. The molecule has 0 unspecified atom stereocenters. The Morgan fingerprint density at radius 2 is 1.94 bits per heavy atom. The Hall–Kier alpha value is -0.650. The first-order valence-corrected chi connectivity index (χ1v) is 7.71. The second kappa shape index (κ2) is 6.50. The molecule has 0 bridgehead atoms. The predicted octanol–water partition coefficient (Wildman–Crippen LogP) is 3.19. The molecule has 0 atom stereocenters. The van der Waals surface area contributed by atoms with Crippen LogP contribution in [-0.4, -0.2) is 15.0 Å². The highest BCUT2D eigenvalue weighted by Gasteiger charge is 2.19. The van der Waals surface area contributed by atoms with Crippen LogP contribution in [0.5, 0.6) is 0 Å². The third-order valence-corrected chi connectivity index (χ3v) is 4.80. The third kappa shape index (κ3) is 3.93. The molecule has 0 heterocycles. The molecule has 0 aliphatic rings. The number of hydrogen-bond donors (Lipinski definition) is 1. The molecule has 0 aliphatic heterocycles. The smallest absolute Gasteiger partial charge is 0.211 e. The number of hydrogen-bond acceptors (Lipinski definition) is 2. The van der Waals surface area contributed by atoms with Crippen molar-refractivity contribution < 1.29 is 12.8 Å². The van der Waals surface area contributed by atoms with E-state index in [2.05, 4.69) is 4.72 Å². The van der Waals surface area contributed by atoms with E-state index in [9.17, 15) is 12.8 Å². The maximum atomic E-state index is 13.1. The van der Waals surface area contributed by atoms with E-state index in [0.717, 1.165) is 25.0 Å². The quantitative estimate of drug-likeness (QED) is 0.875. The van der Waals surface area contributed by atoms with Gasteiger partial charge in [0.1, 0.15) is 10.7 Å². The zero-order valence-electron chi connectivity index (χ0n) is 10.4. The van der Waals surface area contributed by atoms with E-state index >= 15 is 0 Å². The summed E-state index contributed by atoms with van der Waals surface area (Å²) in [5, 5.41) is 0.0217. The highest BCUT2D eigenvalue weighted by molar-refractivity contribution is 7.89. The highest BCUT2D eigenvalue weighted by atomic mass is 35.5. The first kappa shape index (κ1) is 15.4. The average molecular weight is 294 g/mol. The summed E-state index contributed by atoms with van der Waals surface area (Å²) in [6.07, 6.45) is 1.77. The van der Waals surface area contributed by atoms with Crippen molar-refractivity contribution in [3.8, 4) is 0 Å². The van der Waals surface area contributed by atoms with Crippen molar-refractivity contribution in [2.75, 3.05) is 6.54 Å². The Morgan fingerprint density at radius 3 is 2.50 bits per heavy atom. The molecule has 0 spiro atoms. The molecular formula is C12H17ClFNO2S. The van der Waals surface area contributed by atoms with Gasteiger partial charge in [-0.25, -0.2) is 17.5 Å². The van der Waals surface area contributed by atoms with Crippen molar-refractivity contribution in [3.05, 3.63) is 29.0 Å². The number of sulfonamides is 1. The summed E-state index contributed by atoms with van der Waals surface area (Å²) in [4.78, 5) is -0.213. The molecule has 0 amide bonds. The lowest BCUT2D eigenvalue weighted by Crippen LogP contribution is -2.29. The minimum Gasteiger partial charge on any atom is -0.211 e. The first-order chi connectivity index (χ1) is 8.40. The van der Waals surface area contributed by atoms with Crippen LogP contribution in [0.25, 0.3) is 0 Å². The summed E-state index contributed by atoms with van der Waals surface area (Å²) in [6, 6.07) is 3.29. The maximum Gasteiger partial charge on any atom is 0.242 e. The van der Waals surface area contributed by atoms with Crippen molar-refractivity contribution in [1.82, 2.24) is 4.72 Å². The van der Waals surface area contributed by atoms with Gasteiger partial charge in [-0.3, -0.25) is 0 Å². The van der Waals surface area contributed by atoms with Crippen LogP contribution in [0.15, 0.2) is 23.1 Å². The van der Waals surface area contributed by atoms with Gasteiger partial charge in [0.25, 0.3) is 0 Å². The molecule has 0 saturated heterocycles. The van der Waals surface area contributed by atoms with Crippen LogP contribution < -0.4 is 4.72 Å². The van der Waals surface area contributed by atoms with Gasteiger partial charge in [0.05, 0.1) is 5.02 Å². The summed E-state index contributed by atoms with van der Waals surface area (Å²) < 4.78 is 39.5. The molecule has 1 N–H and O–H groups in total. The standard InChI is InChI=1S/C12H17ClFNO2S/c1-3-9(4-2)8-15-18(16,17)12-7-10(14)5-6-11(12)13/h5-7,9,15H,3-4,8H2,1-2H3. The summed E-state index contributed by atoms with van der Waals surface area (Å²) in [5.74, 6) is -0.352. The van der Waals surface area contributed by atoms with Gasteiger partial charge in [-0.1, -0.05) is 38.3 Å². The van der Waals surface area contributed by atoms with Gasteiger partial charge < -0.3 is 0 Å². The van der Waals surface area contributed by atoms with Crippen molar-refractivity contribution >= 4 is 21.6 Å². The largest absolute Gasteiger partial charge is 0.242 e. The number of benzene rings is 1. The monoisotopic (exact) mass is 293 g/mol. The fourth-order valence-electron chi connectivity index (χ4n) is 1.57. The number of halogens is 2. The zero-order chi connectivity index (χ0) is 13.8. The zero-order valence-corrected chi connectivity index (χ0v) is 12.0. The molecule has 0 radical (unpaired) electrons. The molecule has 1 aromatic rings. The van der Waals surface area contributed by atoms with Gasteiger partial charge in [-0.15, -0.1) is 0 Å². The lowest BCUT2D eigenvalue weighted by atomic mass is 10.0. The number of nitrogens with one attached hydrogen (secondary N) is 1. The lowest BCUT2D eigenvalue weighted by Gasteiger charge is -2.14. The van der Waals surface area contributed by atoms with Gasteiger partial charge in [-0.2, -0.15) is 0 Å². The van der Waals surface area contributed by atoms with E-state index in [0.29, 0.717) is 6.54 Å². The van der Waals surface area contributed by atoms with Crippen LogP contribution in [0.2, 0.25) is 5.02 Å². The average Bonchev–Trinajstić information content (AvgIpc) is 2.33. The third-order valence-electron chi connectivity index (χ3n) is 2.90. The maximum absolute atomic E-state index is 13.1. The molecule has 1 aromatic carbocycles. The van der Waals surface area contributed by atoms with Crippen LogP contribution >= 0.6 is 11.6 Å². The second-order valence-corrected chi connectivity index (χ2v) is 6.25. The molecular weight excluding hydrogens is 277 g/mol. The van der Waals surface area contributed by atoms with Crippen molar-refractivity contribution in [3.63, 3.8) is 0 Å². The van der Waals surface area contributed by atoms with Crippen LogP contribution in [0.1, 0.15) is 26.7 Å². The first-order valence-electron chi connectivity index (χ1n) is 5.85.